The molecule has 3 atom stereocenters. The van der Waals surface area contributed by atoms with E-state index in [0.29, 0.717) is 17.9 Å². The molecule has 0 N–H and O–H groups in total. The van der Waals surface area contributed by atoms with E-state index in [2.05, 4.69) is 53.4 Å². The molecule has 2 heterocycles. The van der Waals surface area contributed by atoms with Crippen molar-refractivity contribution in [1.29, 1.82) is 0 Å². The molecule has 0 unspecified atom stereocenters. The van der Waals surface area contributed by atoms with Crippen LogP contribution < -0.4 is 9.47 Å². The van der Waals surface area contributed by atoms with Gasteiger partial charge in [-0.2, -0.15) is 0 Å². The van der Waals surface area contributed by atoms with Crippen LogP contribution in [-0.4, -0.2) is 38.4 Å². The summed E-state index contributed by atoms with van der Waals surface area (Å²) in [6, 6.07) is 17.4. The van der Waals surface area contributed by atoms with E-state index in [4.69, 9.17) is 14.2 Å². The van der Waals surface area contributed by atoms with Crippen molar-refractivity contribution in [2.75, 3.05) is 33.5 Å². The maximum Gasteiger partial charge on any atom is 0.124 e. The van der Waals surface area contributed by atoms with Crippen molar-refractivity contribution in [3.63, 3.8) is 0 Å². The molecule has 2 aliphatic heterocycles. The number of benzene rings is 2. The zero-order chi connectivity index (χ0) is 18.9. The summed E-state index contributed by atoms with van der Waals surface area (Å²) in [4.78, 5) is 2.62. The molecule has 0 spiro atoms. The third-order valence-electron chi connectivity index (χ3n) is 6.47. The van der Waals surface area contributed by atoms with Crippen LogP contribution in [-0.2, 0) is 11.3 Å². The molecule has 4 heteroatoms. The fourth-order valence-corrected chi connectivity index (χ4v) is 4.75. The summed E-state index contributed by atoms with van der Waals surface area (Å²) in [5.74, 6) is 3.78. The molecule has 0 radical (unpaired) electrons. The molecule has 0 amide bonds. The number of nitrogens with zero attached hydrogens (tertiary/aromatic N) is 1. The van der Waals surface area contributed by atoms with Gasteiger partial charge in [-0.15, -0.1) is 0 Å². The SMILES string of the molecule is COc1ccc(CN2C[C@@H](COCC3CC3)[C@@H]3COc4ccccc4[C@@H]32)cc1. The van der Waals surface area contributed by atoms with Crippen LogP contribution in [0.5, 0.6) is 11.5 Å². The molecule has 0 aromatic heterocycles. The van der Waals surface area contributed by atoms with E-state index in [0.717, 1.165) is 50.3 Å². The molecule has 0 bridgehead atoms. The highest BCUT2D eigenvalue weighted by Crippen LogP contribution is 2.48. The Morgan fingerprint density at radius 2 is 1.86 bits per heavy atom. The Hall–Kier alpha value is -2.04. The van der Waals surface area contributed by atoms with E-state index >= 15 is 0 Å². The van der Waals surface area contributed by atoms with Crippen LogP contribution in [0.2, 0.25) is 0 Å². The third-order valence-corrected chi connectivity index (χ3v) is 6.47. The summed E-state index contributed by atoms with van der Waals surface area (Å²) in [7, 11) is 1.71. The highest BCUT2D eigenvalue weighted by atomic mass is 16.5. The molecule has 2 fully saturated rings. The van der Waals surface area contributed by atoms with Crippen LogP contribution >= 0.6 is 0 Å². The summed E-state index contributed by atoms with van der Waals surface area (Å²) in [5.41, 5.74) is 2.65. The lowest BCUT2D eigenvalue weighted by Gasteiger charge is -2.34. The summed E-state index contributed by atoms with van der Waals surface area (Å²) in [5, 5.41) is 0. The van der Waals surface area contributed by atoms with Gasteiger partial charge < -0.3 is 14.2 Å². The van der Waals surface area contributed by atoms with Gasteiger partial charge in [-0.3, -0.25) is 4.90 Å². The smallest absolute Gasteiger partial charge is 0.124 e. The molecule has 5 rings (SSSR count). The van der Waals surface area contributed by atoms with E-state index in [1.165, 1.54) is 24.0 Å². The molecule has 1 saturated heterocycles. The summed E-state index contributed by atoms with van der Waals surface area (Å²) >= 11 is 0. The number of fused-ring (bicyclic) bond motifs is 3. The lowest BCUT2D eigenvalue weighted by atomic mass is 9.85. The molecule has 1 saturated carbocycles. The number of hydrogen-bond acceptors (Lipinski definition) is 4. The van der Waals surface area contributed by atoms with Gasteiger partial charge in [0, 0.05) is 43.1 Å². The standard InChI is InChI=1S/C24H29NO3/c1-26-20-10-8-17(9-11-20)12-25-13-19(15-27-14-18-6-7-18)22-16-28-23-5-3-2-4-21(23)24(22)25/h2-5,8-11,18-19,22,24H,6-7,12-16H2,1H3/t19-,22-,24-/m0/s1. The highest BCUT2D eigenvalue weighted by Gasteiger charge is 2.46. The number of likely N-dealkylation sites (tertiary alicyclic amines) is 1. The van der Waals surface area contributed by atoms with Gasteiger partial charge >= 0.3 is 0 Å². The minimum absolute atomic E-state index is 0.404. The third kappa shape index (κ3) is 3.63. The molecule has 2 aromatic rings. The second kappa shape index (κ2) is 7.76. The summed E-state index contributed by atoms with van der Waals surface area (Å²) in [6.07, 6.45) is 2.69. The van der Waals surface area contributed by atoms with Gasteiger partial charge in [-0.05, 0) is 42.5 Å². The molecule has 28 heavy (non-hydrogen) atoms. The molecule has 148 valence electrons. The second-order valence-electron chi connectivity index (χ2n) is 8.48. The molecular weight excluding hydrogens is 350 g/mol. The Morgan fingerprint density at radius 3 is 2.64 bits per heavy atom. The second-order valence-corrected chi connectivity index (χ2v) is 8.48. The first-order chi connectivity index (χ1) is 13.8. The van der Waals surface area contributed by atoms with Crippen molar-refractivity contribution in [3.05, 3.63) is 59.7 Å². The average Bonchev–Trinajstić information content (AvgIpc) is 3.50. The lowest BCUT2D eigenvalue weighted by Crippen LogP contribution is -2.32. The minimum atomic E-state index is 0.404. The van der Waals surface area contributed by atoms with Gasteiger partial charge in [0.15, 0.2) is 0 Å². The highest BCUT2D eigenvalue weighted by molar-refractivity contribution is 5.39. The Kier molecular flexibility index (Phi) is 5.00. The van der Waals surface area contributed by atoms with Crippen LogP contribution in [0.3, 0.4) is 0 Å². The Bertz CT molecular complexity index is 802. The maximum absolute atomic E-state index is 6.14. The average molecular weight is 380 g/mol. The Morgan fingerprint density at radius 1 is 1.04 bits per heavy atom. The van der Waals surface area contributed by atoms with E-state index in [-0.39, 0.29) is 0 Å². The number of ether oxygens (including phenoxy) is 3. The minimum Gasteiger partial charge on any atom is -0.497 e. The van der Waals surface area contributed by atoms with Crippen LogP contribution in [0.25, 0.3) is 0 Å². The van der Waals surface area contributed by atoms with Crippen LogP contribution in [0.4, 0.5) is 0 Å². The van der Waals surface area contributed by atoms with Gasteiger partial charge in [0.1, 0.15) is 11.5 Å². The quantitative estimate of drug-likeness (QED) is 0.718. The van der Waals surface area contributed by atoms with Gasteiger partial charge in [0.2, 0.25) is 0 Å². The molecule has 1 aliphatic carbocycles. The van der Waals surface area contributed by atoms with Crippen molar-refractivity contribution in [3.8, 4) is 11.5 Å². The fourth-order valence-electron chi connectivity index (χ4n) is 4.75. The van der Waals surface area contributed by atoms with Crippen LogP contribution in [0, 0.1) is 17.8 Å². The van der Waals surface area contributed by atoms with Crippen molar-refractivity contribution < 1.29 is 14.2 Å². The molecule has 2 aromatic carbocycles. The predicted octanol–water partition coefficient (Wildman–Crippen LogP) is 4.30. The van der Waals surface area contributed by atoms with E-state index in [1.807, 2.05) is 0 Å². The molecule has 4 nitrogen and oxygen atoms in total. The van der Waals surface area contributed by atoms with Crippen LogP contribution in [0.15, 0.2) is 48.5 Å². The van der Waals surface area contributed by atoms with Crippen molar-refractivity contribution >= 4 is 0 Å². The van der Waals surface area contributed by atoms with Gasteiger partial charge in [0.05, 0.1) is 20.3 Å². The zero-order valence-electron chi connectivity index (χ0n) is 16.5. The van der Waals surface area contributed by atoms with Crippen LogP contribution in [0.1, 0.15) is 30.0 Å². The first-order valence-corrected chi connectivity index (χ1v) is 10.5. The topological polar surface area (TPSA) is 30.9 Å². The summed E-state index contributed by atoms with van der Waals surface area (Å²) < 4.78 is 17.6. The first kappa shape index (κ1) is 18.0. The lowest BCUT2D eigenvalue weighted by molar-refractivity contribution is 0.0641. The van der Waals surface area contributed by atoms with E-state index in [9.17, 15) is 0 Å². The Balaban J connectivity index is 1.36. The van der Waals surface area contributed by atoms with E-state index < -0.39 is 0 Å². The van der Waals surface area contributed by atoms with Gasteiger partial charge in [-0.25, -0.2) is 0 Å². The first-order valence-electron chi connectivity index (χ1n) is 10.5. The Labute approximate surface area is 167 Å². The van der Waals surface area contributed by atoms with Crippen molar-refractivity contribution in [2.45, 2.75) is 25.4 Å². The van der Waals surface area contributed by atoms with Crippen molar-refractivity contribution in [2.24, 2.45) is 17.8 Å². The van der Waals surface area contributed by atoms with Gasteiger partial charge in [0.25, 0.3) is 0 Å². The van der Waals surface area contributed by atoms with Crippen molar-refractivity contribution in [1.82, 2.24) is 4.90 Å². The number of para-hydroxylation sites is 1. The zero-order valence-corrected chi connectivity index (χ0v) is 16.5. The molecule has 3 aliphatic rings. The monoisotopic (exact) mass is 379 g/mol. The normalized spacial score (nSPS) is 26.4. The fraction of sp³-hybridized carbons (Fsp3) is 0.500. The number of rotatable bonds is 7. The predicted molar refractivity (Wildman–Crippen MR) is 109 cm³/mol. The maximum atomic E-state index is 6.14. The summed E-state index contributed by atoms with van der Waals surface area (Å²) in [6.45, 7) is 4.58. The van der Waals surface area contributed by atoms with Gasteiger partial charge in [-0.1, -0.05) is 30.3 Å². The number of methoxy groups -OCH3 is 1. The largest absolute Gasteiger partial charge is 0.497 e. The van der Waals surface area contributed by atoms with E-state index in [1.54, 1.807) is 7.11 Å². The molecular formula is C24H29NO3. The number of hydrogen-bond donors (Lipinski definition) is 0.